The van der Waals surface area contributed by atoms with E-state index in [-0.39, 0.29) is 11.8 Å². The van der Waals surface area contributed by atoms with E-state index in [1.807, 2.05) is 54.6 Å². The van der Waals surface area contributed by atoms with E-state index in [1.54, 1.807) is 24.1 Å². The first-order valence-corrected chi connectivity index (χ1v) is 11.6. The SMILES string of the molecule is CCCCNC(=O)C1c2cc(OC)c(OC)cc2C(=O)N1Cc1ccccc1-c1ccccc1. The number of nitrogens with one attached hydrogen (secondary N) is 1. The van der Waals surface area contributed by atoms with Crippen LogP contribution in [-0.2, 0) is 11.3 Å². The highest BCUT2D eigenvalue weighted by atomic mass is 16.5. The van der Waals surface area contributed by atoms with E-state index in [0.29, 0.717) is 35.7 Å². The maximum atomic E-state index is 13.6. The van der Waals surface area contributed by atoms with Gasteiger partial charge in [-0.1, -0.05) is 67.9 Å². The monoisotopic (exact) mass is 458 g/mol. The van der Waals surface area contributed by atoms with Gasteiger partial charge >= 0.3 is 0 Å². The maximum absolute atomic E-state index is 13.6. The molecule has 176 valence electrons. The summed E-state index contributed by atoms with van der Waals surface area (Å²) in [5.74, 6) is 0.567. The average Bonchev–Trinajstić information content (AvgIpc) is 3.14. The quantitative estimate of drug-likeness (QED) is 0.459. The van der Waals surface area contributed by atoms with Crippen molar-refractivity contribution in [1.29, 1.82) is 0 Å². The topological polar surface area (TPSA) is 67.9 Å². The Hall–Kier alpha value is -3.80. The van der Waals surface area contributed by atoms with Crippen molar-refractivity contribution >= 4 is 11.8 Å². The molecule has 1 aliphatic rings. The summed E-state index contributed by atoms with van der Waals surface area (Å²) in [6, 6.07) is 20.7. The minimum Gasteiger partial charge on any atom is -0.493 e. The Morgan fingerprint density at radius 3 is 2.32 bits per heavy atom. The zero-order valence-corrected chi connectivity index (χ0v) is 19.8. The number of ether oxygens (including phenoxy) is 2. The van der Waals surface area contributed by atoms with Crippen LogP contribution < -0.4 is 14.8 Å². The molecule has 4 rings (SSSR count). The van der Waals surface area contributed by atoms with Crippen molar-refractivity contribution in [2.75, 3.05) is 20.8 Å². The van der Waals surface area contributed by atoms with E-state index in [1.165, 1.54) is 7.11 Å². The van der Waals surface area contributed by atoms with Crippen molar-refractivity contribution in [3.05, 3.63) is 83.4 Å². The van der Waals surface area contributed by atoms with Gasteiger partial charge in [-0.25, -0.2) is 0 Å². The second kappa shape index (κ2) is 10.4. The van der Waals surface area contributed by atoms with Crippen LogP contribution in [0.2, 0.25) is 0 Å². The molecular weight excluding hydrogens is 428 g/mol. The number of unbranched alkanes of at least 4 members (excludes halogenated alkanes) is 1. The summed E-state index contributed by atoms with van der Waals surface area (Å²) in [7, 11) is 3.08. The van der Waals surface area contributed by atoms with E-state index in [4.69, 9.17) is 9.47 Å². The number of hydrogen-bond acceptors (Lipinski definition) is 4. The van der Waals surface area contributed by atoms with Gasteiger partial charge in [-0.2, -0.15) is 0 Å². The number of nitrogens with zero attached hydrogens (tertiary/aromatic N) is 1. The van der Waals surface area contributed by atoms with Crippen LogP contribution in [0.25, 0.3) is 11.1 Å². The molecule has 1 N–H and O–H groups in total. The molecule has 0 radical (unpaired) electrons. The Kier molecular flexibility index (Phi) is 7.16. The van der Waals surface area contributed by atoms with Gasteiger partial charge in [0.2, 0.25) is 5.91 Å². The van der Waals surface area contributed by atoms with E-state index in [2.05, 4.69) is 12.2 Å². The van der Waals surface area contributed by atoms with Crippen LogP contribution in [0.4, 0.5) is 0 Å². The molecule has 1 aliphatic heterocycles. The number of hydrogen-bond donors (Lipinski definition) is 1. The van der Waals surface area contributed by atoms with Crippen molar-refractivity contribution in [3.8, 4) is 22.6 Å². The van der Waals surface area contributed by atoms with E-state index < -0.39 is 6.04 Å². The van der Waals surface area contributed by atoms with Crippen LogP contribution in [0.15, 0.2) is 66.7 Å². The first-order valence-electron chi connectivity index (χ1n) is 11.6. The van der Waals surface area contributed by atoms with Crippen molar-refractivity contribution in [2.45, 2.75) is 32.4 Å². The van der Waals surface area contributed by atoms with Gasteiger partial charge in [-0.05, 0) is 35.2 Å². The standard InChI is InChI=1S/C28H30N2O4/c1-4-5-15-29-27(31)26-22-16-24(33-2)25(34-3)17-23(22)28(32)30(26)18-20-13-9-10-14-21(20)19-11-7-6-8-12-19/h6-14,16-17,26H,4-5,15,18H2,1-3H3,(H,29,31). The Labute approximate surface area is 200 Å². The minimum absolute atomic E-state index is 0.190. The Morgan fingerprint density at radius 2 is 1.62 bits per heavy atom. The summed E-state index contributed by atoms with van der Waals surface area (Å²) >= 11 is 0. The molecule has 0 saturated heterocycles. The van der Waals surface area contributed by atoms with Crippen LogP contribution in [0, 0.1) is 0 Å². The number of carbonyl (C=O) groups is 2. The molecule has 1 atom stereocenters. The summed E-state index contributed by atoms with van der Waals surface area (Å²) in [4.78, 5) is 28.6. The number of rotatable bonds is 9. The lowest BCUT2D eigenvalue weighted by Gasteiger charge is -2.26. The number of methoxy groups -OCH3 is 2. The summed E-state index contributed by atoms with van der Waals surface area (Å²) in [5.41, 5.74) is 4.17. The van der Waals surface area contributed by atoms with Crippen molar-refractivity contribution in [2.24, 2.45) is 0 Å². The van der Waals surface area contributed by atoms with Gasteiger partial charge in [0.1, 0.15) is 6.04 Å². The molecule has 2 amide bonds. The van der Waals surface area contributed by atoms with Gasteiger partial charge in [0, 0.05) is 24.2 Å². The van der Waals surface area contributed by atoms with Gasteiger partial charge in [-0.3, -0.25) is 9.59 Å². The third kappa shape index (κ3) is 4.49. The molecule has 0 saturated carbocycles. The summed E-state index contributed by atoms with van der Waals surface area (Å²) in [5, 5.41) is 3.01. The second-order valence-corrected chi connectivity index (χ2v) is 8.30. The van der Waals surface area contributed by atoms with Gasteiger partial charge in [0.05, 0.1) is 14.2 Å². The highest BCUT2D eigenvalue weighted by molar-refractivity contribution is 6.05. The van der Waals surface area contributed by atoms with E-state index >= 15 is 0 Å². The molecule has 0 aromatic heterocycles. The fraction of sp³-hybridized carbons (Fsp3) is 0.286. The first kappa shape index (κ1) is 23.4. The lowest BCUT2D eigenvalue weighted by molar-refractivity contribution is -0.125. The van der Waals surface area contributed by atoms with Crippen LogP contribution in [0.5, 0.6) is 11.5 Å². The molecule has 0 aliphatic carbocycles. The second-order valence-electron chi connectivity index (χ2n) is 8.30. The molecule has 1 unspecified atom stereocenters. The van der Waals surface area contributed by atoms with Gasteiger partial charge in [0.25, 0.3) is 5.91 Å². The van der Waals surface area contributed by atoms with E-state index in [9.17, 15) is 9.59 Å². The normalized spacial score (nSPS) is 14.6. The predicted octanol–water partition coefficient (Wildman–Crippen LogP) is 4.98. The molecule has 3 aromatic rings. The van der Waals surface area contributed by atoms with Crippen molar-refractivity contribution < 1.29 is 19.1 Å². The molecule has 0 spiro atoms. The Morgan fingerprint density at radius 1 is 0.941 bits per heavy atom. The van der Waals surface area contributed by atoms with Crippen LogP contribution in [-0.4, -0.2) is 37.5 Å². The molecule has 0 bridgehead atoms. The zero-order valence-electron chi connectivity index (χ0n) is 19.8. The molecule has 1 heterocycles. The number of amides is 2. The van der Waals surface area contributed by atoms with Crippen LogP contribution in [0.3, 0.4) is 0 Å². The predicted molar refractivity (Wildman–Crippen MR) is 132 cm³/mol. The largest absolute Gasteiger partial charge is 0.493 e. The van der Waals surface area contributed by atoms with Crippen molar-refractivity contribution in [3.63, 3.8) is 0 Å². The van der Waals surface area contributed by atoms with Gasteiger partial charge in [-0.15, -0.1) is 0 Å². The van der Waals surface area contributed by atoms with Gasteiger partial charge in [0.15, 0.2) is 11.5 Å². The summed E-state index contributed by atoms with van der Waals surface area (Å²) < 4.78 is 10.9. The zero-order chi connectivity index (χ0) is 24.1. The molecule has 3 aromatic carbocycles. The molecular formula is C28H30N2O4. The lowest BCUT2D eigenvalue weighted by atomic mass is 9.99. The fourth-order valence-corrected chi connectivity index (χ4v) is 4.42. The molecule has 6 nitrogen and oxygen atoms in total. The average molecular weight is 459 g/mol. The molecule has 34 heavy (non-hydrogen) atoms. The Bertz CT molecular complexity index is 1180. The summed E-state index contributed by atoms with van der Waals surface area (Å²) in [6.45, 7) is 2.94. The Balaban J connectivity index is 1.75. The van der Waals surface area contributed by atoms with Crippen LogP contribution >= 0.6 is 0 Å². The highest BCUT2D eigenvalue weighted by Gasteiger charge is 2.42. The minimum atomic E-state index is -0.747. The number of fused-ring (bicyclic) bond motifs is 1. The first-order chi connectivity index (χ1) is 16.6. The smallest absolute Gasteiger partial charge is 0.255 e. The third-order valence-corrected chi connectivity index (χ3v) is 6.17. The van der Waals surface area contributed by atoms with Gasteiger partial charge < -0.3 is 19.7 Å². The summed E-state index contributed by atoms with van der Waals surface area (Å²) in [6.07, 6.45) is 1.85. The maximum Gasteiger partial charge on any atom is 0.255 e. The fourth-order valence-electron chi connectivity index (χ4n) is 4.42. The molecule has 6 heteroatoms. The molecule has 0 fully saturated rings. The number of benzene rings is 3. The van der Waals surface area contributed by atoms with Crippen LogP contribution in [0.1, 0.15) is 47.3 Å². The third-order valence-electron chi connectivity index (χ3n) is 6.17. The number of carbonyl (C=O) groups excluding carboxylic acids is 2. The van der Waals surface area contributed by atoms with E-state index in [0.717, 1.165) is 29.5 Å². The van der Waals surface area contributed by atoms with Crippen molar-refractivity contribution in [1.82, 2.24) is 10.2 Å². The highest BCUT2D eigenvalue weighted by Crippen LogP contribution is 2.42. The lowest BCUT2D eigenvalue weighted by Crippen LogP contribution is -2.39.